The molecule has 1 N–H and O–H groups in total. The molecule has 0 saturated carbocycles. The van der Waals surface area contributed by atoms with Crippen LogP contribution in [0.1, 0.15) is 57.3 Å². The Labute approximate surface area is 144 Å². The minimum atomic E-state index is -0.269. The average Bonchev–Trinajstić information content (AvgIpc) is 3.34. The molecule has 0 spiro atoms. The molecular weight excluding hydrogens is 324 g/mol. The van der Waals surface area contributed by atoms with Crippen molar-refractivity contribution in [2.75, 3.05) is 13.1 Å². The third kappa shape index (κ3) is 3.04. The van der Waals surface area contributed by atoms with E-state index >= 15 is 0 Å². The van der Waals surface area contributed by atoms with Crippen LogP contribution in [0.4, 0.5) is 0 Å². The number of hydrogen-bond donors (Lipinski definition) is 1. The Morgan fingerprint density at radius 3 is 2.76 bits per heavy atom. The van der Waals surface area contributed by atoms with Crippen molar-refractivity contribution < 1.29 is 18.6 Å². The molecule has 1 aliphatic heterocycles. The number of aryl methyl sites for hydroxylation is 2. The highest BCUT2D eigenvalue weighted by Crippen LogP contribution is 2.26. The van der Waals surface area contributed by atoms with Crippen molar-refractivity contribution in [2.24, 2.45) is 0 Å². The van der Waals surface area contributed by atoms with Gasteiger partial charge < -0.3 is 19.3 Å². The van der Waals surface area contributed by atoms with Gasteiger partial charge in [-0.2, -0.15) is 0 Å². The second kappa shape index (κ2) is 6.34. The lowest BCUT2D eigenvalue weighted by atomic mass is 9.91. The SMILES string of the molecule is Cc1cc(C(=O)NC2CCc3onc(C(=O)N4CCCC4)c3C2)no1. The first kappa shape index (κ1) is 15.9. The molecule has 8 nitrogen and oxygen atoms in total. The van der Waals surface area contributed by atoms with Gasteiger partial charge in [-0.3, -0.25) is 9.59 Å². The van der Waals surface area contributed by atoms with Gasteiger partial charge in [0.15, 0.2) is 11.4 Å². The van der Waals surface area contributed by atoms with Crippen LogP contribution in [0.15, 0.2) is 15.1 Å². The van der Waals surface area contributed by atoms with Gasteiger partial charge in [0.25, 0.3) is 11.8 Å². The number of nitrogens with one attached hydrogen (secondary N) is 1. The van der Waals surface area contributed by atoms with Crippen molar-refractivity contribution in [3.63, 3.8) is 0 Å². The summed E-state index contributed by atoms with van der Waals surface area (Å²) >= 11 is 0. The zero-order valence-corrected chi connectivity index (χ0v) is 14.1. The first-order chi connectivity index (χ1) is 12.1. The summed E-state index contributed by atoms with van der Waals surface area (Å²) in [6.45, 7) is 3.28. The second-order valence-corrected chi connectivity index (χ2v) is 6.67. The second-order valence-electron chi connectivity index (χ2n) is 6.67. The average molecular weight is 344 g/mol. The smallest absolute Gasteiger partial charge is 0.276 e. The zero-order valence-electron chi connectivity index (χ0n) is 14.1. The molecule has 132 valence electrons. The maximum Gasteiger partial charge on any atom is 0.276 e. The minimum Gasteiger partial charge on any atom is -0.361 e. The quantitative estimate of drug-likeness (QED) is 0.905. The van der Waals surface area contributed by atoms with E-state index < -0.39 is 0 Å². The summed E-state index contributed by atoms with van der Waals surface area (Å²) in [6, 6.07) is 1.52. The van der Waals surface area contributed by atoms with Gasteiger partial charge in [0.2, 0.25) is 0 Å². The molecule has 4 rings (SSSR count). The predicted molar refractivity (Wildman–Crippen MR) is 86.2 cm³/mol. The van der Waals surface area contributed by atoms with E-state index in [1.807, 2.05) is 4.90 Å². The Balaban J connectivity index is 1.47. The van der Waals surface area contributed by atoms with Crippen LogP contribution in [0.2, 0.25) is 0 Å². The lowest BCUT2D eigenvalue weighted by molar-refractivity contribution is 0.0781. The number of nitrogens with zero attached hydrogens (tertiary/aromatic N) is 3. The summed E-state index contributed by atoms with van der Waals surface area (Å²) in [7, 11) is 0. The molecular formula is C17H20N4O4. The minimum absolute atomic E-state index is 0.0680. The highest BCUT2D eigenvalue weighted by Gasteiger charge is 2.32. The first-order valence-corrected chi connectivity index (χ1v) is 8.62. The van der Waals surface area contributed by atoms with Crippen LogP contribution in [-0.4, -0.2) is 46.2 Å². The van der Waals surface area contributed by atoms with Crippen LogP contribution < -0.4 is 5.32 Å². The van der Waals surface area contributed by atoms with Crippen LogP contribution in [0.25, 0.3) is 0 Å². The number of fused-ring (bicyclic) bond motifs is 1. The van der Waals surface area contributed by atoms with Crippen LogP contribution in [-0.2, 0) is 12.8 Å². The highest BCUT2D eigenvalue weighted by molar-refractivity contribution is 5.94. The molecule has 0 bridgehead atoms. The zero-order chi connectivity index (χ0) is 17.4. The fraction of sp³-hybridized carbons (Fsp3) is 0.529. The summed E-state index contributed by atoms with van der Waals surface area (Å²) in [4.78, 5) is 26.7. The van der Waals surface area contributed by atoms with Crippen LogP contribution >= 0.6 is 0 Å². The molecule has 8 heteroatoms. The van der Waals surface area contributed by atoms with Crippen LogP contribution in [0.5, 0.6) is 0 Å². The van der Waals surface area contributed by atoms with E-state index in [1.54, 1.807) is 13.0 Å². The first-order valence-electron chi connectivity index (χ1n) is 8.62. The Morgan fingerprint density at radius 2 is 2.04 bits per heavy atom. The van der Waals surface area contributed by atoms with Gasteiger partial charge in [0.1, 0.15) is 11.5 Å². The van der Waals surface area contributed by atoms with Crippen LogP contribution in [0.3, 0.4) is 0 Å². The van der Waals surface area contributed by atoms with Crippen molar-refractivity contribution >= 4 is 11.8 Å². The molecule has 0 radical (unpaired) electrons. The molecule has 1 atom stereocenters. The van der Waals surface area contributed by atoms with Crippen molar-refractivity contribution in [3.8, 4) is 0 Å². The standard InChI is InChI=1S/C17H20N4O4/c1-10-8-13(19-24-10)16(22)18-11-4-5-14-12(9-11)15(20-25-14)17(23)21-6-2-3-7-21/h8,11H,2-7,9H2,1H3,(H,18,22). The molecule has 2 amide bonds. The van der Waals surface area contributed by atoms with Gasteiger partial charge >= 0.3 is 0 Å². The van der Waals surface area contributed by atoms with E-state index in [0.717, 1.165) is 43.7 Å². The molecule has 1 aliphatic carbocycles. The molecule has 2 aromatic rings. The summed E-state index contributed by atoms with van der Waals surface area (Å²) in [5.41, 5.74) is 1.49. The predicted octanol–water partition coefficient (Wildman–Crippen LogP) is 1.49. The molecule has 0 aromatic carbocycles. The Bertz CT molecular complexity index is 803. The lowest BCUT2D eigenvalue weighted by Gasteiger charge is -2.22. The van der Waals surface area contributed by atoms with Crippen molar-refractivity contribution in [2.45, 2.75) is 45.1 Å². The highest BCUT2D eigenvalue weighted by atomic mass is 16.5. The molecule has 1 unspecified atom stereocenters. The number of rotatable bonds is 3. The summed E-state index contributed by atoms with van der Waals surface area (Å²) in [6.07, 6.45) is 3.99. The molecule has 25 heavy (non-hydrogen) atoms. The van der Waals surface area contributed by atoms with Gasteiger partial charge in [-0.15, -0.1) is 0 Å². The Morgan fingerprint density at radius 1 is 1.24 bits per heavy atom. The number of carbonyl (C=O) groups excluding carboxylic acids is 2. The normalized spacial score (nSPS) is 19.7. The van der Waals surface area contributed by atoms with Crippen LogP contribution in [0, 0.1) is 6.92 Å². The van der Waals surface area contributed by atoms with Gasteiger partial charge in [-0.1, -0.05) is 10.3 Å². The van der Waals surface area contributed by atoms with E-state index in [1.165, 1.54) is 0 Å². The maximum absolute atomic E-state index is 12.6. The topological polar surface area (TPSA) is 101 Å². The number of likely N-dealkylation sites (tertiary alicyclic amines) is 1. The molecule has 3 heterocycles. The van der Waals surface area contributed by atoms with Crippen molar-refractivity contribution in [3.05, 3.63) is 34.5 Å². The van der Waals surface area contributed by atoms with Gasteiger partial charge in [-0.05, 0) is 32.6 Å². The van der Waals surface area contributed by atoms with E-state index in [4.69, 9.17) is 9.05 Å². The lowest BCUT2D eigenvalue weighted by Crippen LogP contribution is -2.39. The number of aromatic nitrogens is 2. The van der Waals surface area contributed by atoms with E-state index in [2.05, 4.69) is 15.6 Å². The molecule has 1 saturated heterocycles. The fourth-order valence-electron chi connectivity index (χ4n) is 3.50. The molecule has 2 aromatic heterocycles. The van der Waals surface area contributed by atoms with E-state index in [0.29, 0.717) is 24.3 Å². The molecule has 1 fully saturated rings. The van der Waals surface area contributed by atoms with E-state index in [-0.39, 0.29) is 23.6 Å². The Kier molecular flexibility index (Phi) is 4.03. The largest absolute Gasteiger partial charge is 0.361 e. The van der Waals surface area contributed by atoms with Gasteiger partial charge in [0.05, 0.1) is 0 Å². The van der Waals surface area contributed by atoms with Gasteiger partial charge in [0, 0.05) is 37.2 Å². The number of amides is 2. The summed E-state index contributed by atoms with van der Waals surface area (Å²) in [5.74, 6) is 1.01. The maximum atomic E-state index is 12.6. The number of carbonyl (C=O) groups is 2. The van der Waals surface area contributed by atoms with E-state index in [9.17, 15) is 9.59 Å². The molecule has 2 aliphatic rings. The monoisotopic (exact) mass is 344 g/mol. The summed E-state index contributed by atoms with van der Waals surface area (Å²) in [5, 5.41) is 10.7. The number of hydrogen-bond acceptors (Lipinski definition) is 6. The van der Waals surface area contributed by atoms with Crippen molar-refractivity contribution in [1.29, 1.82) is 0 Å². The fourth-order valence-corrected chi connectivity index (χ4v) is 3.50. The summed E-state index contributed by atoms with van der Waals surface area (Å²) < 4.78 is 10.3. The Hall–Kier alpha value is -2.64. The third-order valence-electron chi connectivity index (χ3n) is 4.83. The third-order valence-corrected chi connectivity index (χ3v) is 4.83. The van der Waals surface area contributed by atoms with Crippen molar-refractivity contribution in [1.82, 2.24) is 20.5 Å². The van der Waals surface area contributed by atoms with Gasteiger partial charge in [-0.25, -0.2) is 0 Å².